The Kier molecular flexibility index (Phi) is 7.29. The maximum absolute atomic E-state index is 13.0. The first kappa shape index (κ1) is 22.0. The Labute approximate surface area is 166 Å². The molecule has 0 saturated carbocycles. The van der Waals surface area contributed by atoms with Crippen LogP contribution >= 0.6 is 0 Å². The summed E-state index contributed by atoms with van der Waals surface area (Å²) in [6.07, 6.45) is 2.08. The maximum Gasteiger partial charge on any atom is 0.320 e. The van der Waals surface area contributed by atoms with Gasteiger partial charge in [0.2, 0.25) is 0 Å². The number of amides is 1. The molecule has 1 aromatic rings. The molecule has 7 heteroatoms. The van der Waals surface area contributed by atoms with Crippen LogP contribution in [0.3, 0.4) is 0 Å². The summed E-state index contributed by atoms with van der Waals surface area (Å²) in [5.74, 6) is -1.20. The number of aliphatic carboxylic acids is 1. The highest BCUT2D eigenvalue weighted by Gasteiger charge is 2.30. The van der Waals surface area contributed by atoms with E-state index in [0.29, 0.717) is 25.1 Å². The van der Waals surface area contributed by atoms with Gasteiger partial charge in [0.05, 0.1) is 5.56 Å². The van der Waals surface area contributed by atoms with Gasteiger partial charge in [0.15, 0.2) is 0 Å². The summed E-state index contributed by atoms with van der Waals surface area (Å²) in [6.45, 7) is 8.71. The van der Waals surface area contributed by atoms with Crippen molar-refractivity contribution in [3.63, 3.8) is 0 Å². The van der Waals surface area contributed by atoms with E-state index in [2.05, 4.69) is 5.32 Å². The second-order valence-electron chi connectivity index (χ2n) is 8.36. The second-order valence-corrected chi connectivity index (χ2v) is 8.36. The average molecular weight is 392 g/mol. The number of nitrogens with one attached hydrogen (secondary N) is 1. The molecular formula is C21H32N2O5. The van der Waals surface area contributed by atoms with E-state index in [1.54, 1.807) is 11.0 Å². The number of phenolic OH excluding ortho intramolecular Hbond substituents is 2. The van der Waals surface area contributed by atoms with Gasteiger partial charge in [0.25, 0.3) is 5.91 Å². The third kappa shape index (κ3) is 5.38. The van der Waals surface area contributed by atoms with E-state index in [9.17, 15) is 24.9 Å². The van der Waals surface area contributed by atoms with E-state index in [0.717, 1.165) is 12.8 Å². The minimum Gasteiger partial charge on any atom is -0.508 e. The Bertz CT molecular complexity index is 717. The fourth-order valence-electron chi connectivity index (χ4n) is 3.69. The second kappa shape index (κ2) is 9.28. The van der Waals surface area contributed by atoms with Gasteiger partial charge in [-0.15, -0.1) is 0 Å². The number of likely N-dealkylation sites (tertiary alicyclic amines) is 1. The molecule has 1 amide bonds. The average Bonchev–Trinajstić information content (AvgIpc) is 2.60. The molecule has 28 heavy (non-hydrogen) atoms. The van der Waals surface area contributed by atoms with Crippen molar-refractivity contribution in [3.8, 4) is 11.5 Å². The predicted molar refractivity (Wildman–Crippen MR) is 107 cm³/mol. The Morgan fingerprint density at radius 1 is 1.18 bits per heavy atom. The molecule has 1 unspecified atom stereocenters. The lowest BCUT2D eigenvalue weighted by molar-refractivity contribution is -0.140. The number of phenols is 2. The van der Waals surface area contributed by atoms with Crippen LogP contribution in [0.1, 0.15) is 68.8 Å². The highest BCUT2D eigenvalue weighted by molar-refractivity contribution is 5.97. The molecule has 0 aliphatic carbocycles. The molecule has 2 atom stereocenters. The van der Waals surface area contributed by atoms with Gasteiger partial charge in [-0.2, -0.15) is 0 Å². The molecule has 4 N–H and O–H groups in total. The minimum atomic E-state index is -0.880. The fraction of sp³-hybridized carbons (Fsp3) is 0.619. The molecule has 1 aliphatic rings. The highest BCUT2D eigenvalue weighted by Crippen LogP contribution is 2.33. The predicted octanol–water partition coefficient (Wildman–Crippen LogP) is 2.91. The van der Waals surface area contributed by atoms with Crippen LogP contribution < -0.4 is 5.32 Å². The summed E-state index contributed by atoms with van der Waals surface area (Å²) in [5.41, 5.74) is 0.773. The Morgan fingerprint density at radius 2 is 1.86 bits per heavy atom. The standard InChI is InChI=1S/C21H32N2O5/c1-12(2)8-17(21(27)28)22-14-6-5-7-23(11-14)20(26)16-9-15(13(3)4)18(24)10-19(16)25/h9-10,12-14,17,22,24-25H,5-8,11H2,1-4H3,(H,27,28)/t14?,17-/m0/s1. The van der Waals surface area contributed by atoms with E-state index in [4.69, 9.17) is 0 Å². The first-order valence-electron chi connectivity index (χ1n) is 9.94. The topological polar surface area (TPSA) is 110 Å². The van der Waals surface area contributed by atoms with Crippen LogP contribution in [0.5, 0.6) is 11.5 Å². The van der Waals surface area contributed by atoms with Crippen molar-refractivity contribution in [2.45, 2.75) is 65.0 Å². The van der Waals surface area contributed by atoms with Gasteiger partial charge in [0.1, 0.15) is 17.5 Å². The van der Waals surface area contributed by atoms with Crippen molar-refractivity contribution in [2.75, 3.05) is 13.1 Å². The summed E-state index contributed by atoms with van der Waals surface area (Å²) in [7, 11) is 0. The van der Waals surface area contributed by atoms with Crippen LogP contribution in [0, 0.1) is 5.92 Å². The molecule has 1 heterocycles. The molecule has 0 radical (unpaired) electrons. The summed E-state index contributed by atoms with van der Waals surface area (Å²) >= 11 is 0. The number of carboxylic acid groups (broad SMARTS) is 1. The molecule has 156 valence electrons. The number of piperidine rings is 1. The maximum atomic E-state index is 13.0. The lowest BCUT2D eigenvalue weighted by atomic mass is 9.97. The van der Waals surface area contributed by atoms with E-state index in [1.165, 1.54) is 6.07 Å². The molecule has 2 rings (SSSR count). The Balaban J connectivity index is 2.14. The highest BCUT2D eigenvalue weighted by atomic mass is 16.4. The van der Waals surface area contributed by atoms with Crippen LogP contribution in [-0.4, -0.2) is 57.3 Å². The van der Waals surface area contributed by atoms with E-state index in [1.807, 2.05) is 27.7 Å². The van der Waals surface area contributed by atoms with Crippen molar-refractivity contribution in [2.24, 2.45) is 5.92 Å². The first-order valence-corrected chi connectivity index (χ1v) is 9.94. The zero-order valence-electron chi connectivity index (χ0n) is 17.1. The normalized spacial score (nSPS) is 18.5. The van der Waals surface area contributed by atoms with Crippen molar-refractivity contribution in [3.05, 3.63) is 23.3 Å². The Hall–Kier alpha value is -2.28. The summed E-state index contributed by atoms with van der Waals surface area (Å²) in [4.78, 5) is 26.2. The van der Waals surface area contributed by atoms with Crippen molar-refractivity contribution in [1.82, 2.24) is 10.2 Å². The number of nitrogens with zero attached hydrogens (tertiary/aromatic N) is 1. The number of carbonyl (C=O) groups excluding carboxylic acids is 1. The number of rotatable bonds is 7. The van der Waals surface area contributed by atoms with Crippen LogP contribution in [0.4, 0.5) is 0 Å². The third-order valence-electron chi connectivity index (χ3n) is 5.15. The first-order chi connectivity index (χ1) is 13.1. The van der Waals surface area contributed by atoms with Gasteiger partial charge in [-0.3, -0.25) is 14.9 Å². The smallest absolute Gasteiger partial charge is 0.320 e. The van der Waals surface area contributed by atoms with Crippen LogP contribution in [0.25, 0.3) is 0 Å². The summed E-state index contributed by atoms with van der Waals surface area (Å²) < 4.78 is 0. The van der Waals surface area contributed by atoms with Crippen LogP contribution in [-0.2, 0) is 4.79 Å². The molecule has 1 fully saturated rings. The van der Waals surface area contributed by atoms with Crippen molar-refractivity contribution >= 4 is 11.9 Å². The van der Waals surface area contributed by atoms with E-state index in [-0.39, 0.29) is 40.8 Å². The lowest BCUT2D eigenvalue weighted by Gasteiger charge is -2.35. The zero-order valence-corrected chi connectivity index (χ0v) is 17.1. The number of benzene rings is 1. The number of carbonyl (C=O) groups is 2. The Morgan fingerprint density at radius 3 is 2.43 bits per heavy atom. The van der Waals surface area contributed by atoms with E-state index >= 15 is 0 Å². The lowest BCUT2D eigenvalue weighted by Crippen LogP contribution is -2.52. The van der Waals surface area contributed by atoms with Gasteiger partial charge in [-0.05, 0) is 42.7 Å². The number of hydrogen-bond acceptors (Lipinski definition) is 5. The number of carboxylic acids is 1. The molecule has 1 aliphatic heterocycles. The van der Waals surface area contributed by atoms with E-state index < -0.39 is 12.0 Å². The van der Waals surface area contributed by atoms with Crippen LogP contribution in [0.2, 0.25) is 0 Å². The number of hydrogen-bond donors (Lipinski definition) is 4. The molecular weight excluding hydrogens is 360 g/mol. The number of aromatic hydroxyl groups is 2. The van der Waals surface area contributed by atoms with Gasteiger partial charge < -0.3 is 20.2 Å². The molecule has 1 aromatic carbocycles. The molecule has 1 saturated heterocycles. The SMILES string of the molecule is CC(C)C[C@H](NC1CCCN(C(=O)c2cc(C(C)C)c(O)cc2O)C1)C(=O)O. The van der Waals surface area contributed by atoms with Crippen molar-refractivity contribution < 1.29 is 24.9 Å². The molecule has 0 bridgehead atoms. The van der Waals surface area contributed by atoms with Gasteiger partial charge in [-0.1, -0.05) is 27.7 Å². The zero-order chi connectivity index (χ0) is 21.0. The summed E-state index contributed by atoms with van der Waals surface area (Å²) in [5, 5.41) is 32.8. The van der Waals surface area contributed by atoms with Gasteiger partial charge in [-0.25, -0.2) is 0 Å². The molecule has 0 aromatic heterocycles. The summed E-state index contributed by atoms with van der Waals surface area (Å²) in [6, 6.07) is 2.01. The van der Waals surface area contributed by atoms with Gasteiger partial charge in [0, 0.05) is 25.2 Å². The van der Waals surface area contributed by atoms with Crippen molar-refractivity contribution in [1.29, 1.82) is 0 Å². The quantitative estimate of drug-likeness (QED) is 0.568. The third-order valence-corrected chi connectivity index (χ3v) is 5.15. The minimum absolute atomic E-state index is 0.00952. The van der Waals surface area contributed by atoms with Gasteiger partial charge >= 0.3 is 5.97 Å². The molecule has 0 spiro atoms. The fourth-order valence-corrected chi connectivity index (χ4v) is 3.69. The largest absolute Gasteiger partial charge is 0.508 e. The molecule has 7 nitrogen and oxygen atoms in total. The monoisotopic (exact) mass is 392 g/mol. The van der Waals surface area contributed by atoms with Crippen LogP contribution in [0.15, 0.2) is 12.1 Å².